The lowest BCUT2D eigenvalue weighted by Gasteiger charge is -2.34. The molecule has 3 rings (SSSR count). The van der Waals surface area contributed by atoms with Crippen LogP contribution in [0.2, 0.25) is 10.0 Å². The molecular weight excluding hydrogens is 371 g/mol. The van der Waals surface area contributed by atoms with Crippen LogP contribution in [0.15, 0.2) is 43.1 Å². The molecule has 1 amide bonds. The largest absolute Gasteiger partial charge is 0.314 e. The first-order chi connectivity index (χ1) is 12.6. The Morgan fingerprint density at radius 2 is 2.08 bits per heavy atom. The Labute approximate surface area is 163 Å². The lowest BCUT2D eigenvalue weighted by atomic mass is 9.93. The van der Waals surface area contributed by atoms with Gasteiger partial charge in [-0.2, -0.15) is 5.10 Å². The van der Waals surface area contributed by atoms with Crippen LogP contribution in [0.25, 0.3) is 0 Å². The summed E-state index contributed by atoms with van der Waals surface area (Å²) >= 11 is 12.5. The fourth-order valence-electron chi connectivity index (χ4n) is 3.50. The van der Waals surface area contributed by atoms with Crippen molar-refractivity contribution in [2.24, 2.45) is 0 Å². The van der Waals surface area contributed by atoms with Crippen LogP contribution >= 0.6 is 23.2 Å². The summed E-state index contributed by atoms with van der Waals surface area (Å²) in [6, 6.07) is 4.69. The number of hydrogen-bond acceptors (Lipinski definition) is 3. The molecule has 1 saturated carbocycles. The van der Waals surface area contributed by atoms with Gasteiger partial charge in [0.25, 0.3) is 5.91 Å². The molecule has 1 atom stereocenters. The molecule has 1 unspecified atom stereocenters. The topological polar surface area (TPSA) is 51.0 Å². The van der Waals surface area contributed by atoms with Gasteiger partial charge in [0.2, 0.25) is 0 Å². The number of carbonyl (C=O) groups is 1. The van der Waals surface area contributed by atoms with Crippen LogP contribution in [0.3, 0.4) is 0 Å². The van der Waals surface area contributed by atoms with Crippen LogP contribution in [-0.4, -0.2) is 31.6 Å². The molecule has 138 valence electrons. The fourth-order valence-corrected chi connectivity index (χ4v) is 4.01. The Morgan fingerprint density at radius 1 is 1.31 bits per heavy atom. The minimum absolute atomic E-state index is 0.0651. The molecule has 5 nitrogen and oxygen atoms in total. The third-order valence-corrected chi connectivity index (χ3v) is 5.29. The van der Waals surface area contributed by atoms with Crippen LogP contribution in [-0.2, 0) is 4.79 Å². The number of halogens is 2. The first-order valence-corrected chi connectivity index (χ1v) is 9.61. The van der Waals surface area contributed by atoms with E-state index in [-0.39, 0.29) is 11.9 Å². The quantitative estimate of drug-likeness (QED) is 0.728. The Bertz CT molecular complexity index is 770. The van der Waals surface area contributed by atoms with Gasteiger partial charge in [0.15, 0.2) is 6.04 Å². The summed E-state index contributed by atoms with van der Waals surface area (Å²) in [4.78, 5) is 19.4. The van der Waals surface area contributed by atoms with E-state index in [4.69, 9.17) is 23.2 Å². The molecule has 0 aliphatic heterocycles. The number of carbonyl (C=O) groups excluding carboxylic acids is 1. The molecule has 1 aliphatic rings. The monoisotopic (exact) mass is 392 g/mol. The van der Waals surface area contributed by atoms with Crippen LogP contribution in [0.4, 0.5) is 0 Å². The Balaban J connectivity index is 2.01. The van der Waals surface area contributed by atoms with Crippen molar-refractivity contribution in [1.29, 1.82) is 0 Å². The zero-order chi connectivity index (χ0) is 18.5. The maximum atomic E-state index is 13.6. The number of aromatic nitrogens is 3. The molecule has 1 fully saturated rings. The molecule has 0 spiro atoms. The van der Waals surface area contributed by atoms with Gasteiger partial charge in [-0.3, -0.25) is 4.79 Å². The van der Waals surface area contributed by atoms with Crippen LogP contribution in [0, 0.1) is 0 Å². The van der Waals surface area contributed by atoms with E-state index in [0.717, 1.165) is 25.7 Å². The molecule has 26 heavy (non-hydrogen) atoms. The molecule has 0 saturated heterocycles. The van der Waals surface area contributed by atoms with Gasteiger partial charge in [-0.1, -0.05) is 54.6 Å². The fraction of sp³-hybridized carbons (Fsp3) is 0.421. The van der Waals surface area contributed by atoms with Gasteiger partial charge in [-0.05, 0) is 31.9 Å². The summed E-state index contributed by atoms with van der Waals surface area (Å²) in [5.74, 6) is -0.0651. The lowest BCUT2D eigenvalue weighted by molar-refractivity contribution is -0.133. The Morgan fingerprint density at radius 3 is 2.69 bits per heavy atom. The second kappa shape index (κ2) is 8.69. The summed E-state index contributed by atoms with van der Waals surface area (Å²) in [5.41, 5.74) is 0.664. The molecular formula is C19H22Cl2N4O. The SMILES string of the molecule is CC=CN(C(=O)C(c1ccc(Cl)cc1Cl)n1cncn1)C1CCCCC1. The van der Waals surface area contributed by atoms with Crippen molar-refractivity contribution >= 4 is 29.1 Å². The number of nitrogens with zero attached hydrogens (tertiary/aromatic N) is 4. The zero-order valence-electron chi connectivity index (χ0n) is 14.7. The van der Waals surface area contributed by atoms with Crippen LogP contribution in [0.1, 0.15) is 50.6 Å². The normalized spacial score (nSPS) is 16.7. The zero-order valence-corrected chi connectivity index (χ0v) is 16.2. The van der Waals surface area contributed by atoms with E-state index in [9.17, 15) is 4.79 Å². The Kier molecular flexibility index (Phi) is 6.33. The highest BCUT2D eigenvalue weighted by atomic mass is 35.5. The molecule has 1 aromatic heterocycles. The summed E-state index contributed by atoms with van der Waals surface area (Å²) < 4.78 is 1.55. The third-order valence-electron chi connectivity index (χ3n) is 4.72. The number of amides is 1. The van der Waals surface area contributed by atoms with Gasteiger partial charge >= 0.3 is 0 Å². The third kappa shape index (κ3) is 4.10. The van der Waals surface area contributed by atoms with Crippen molar-refractivity contribution < 1.29 is 4.79 Å². The van der Waals surface area contributed by atoms with Crippen molar-refractivity contribution in [2.75, 3.05) is 0 Å². The second-order valence-corrected chi connectivity index (χ2v) is 7.31. The maximum Gasteiger partial charge on any atom is 0.256 e. The number of benzene rings is 1. The van der Waals surface area contributed by atoms with Crippen molar-refractivity contribution in [1.82, 2.24) is 19.7 Å². The standard InChI is InChI=1S/C19H22Cl2N4O/c1-2-10-24(15-6-4-3-5-7-15)19(26)18(25-13-22-12-23-25)16-9-8-14(20)11-17(16)21/h2,8-13,15,18H,3-7H2,1H3. The minimum atomic E-state index is -0.680. The van der Waals surface area contributed by atoms with Gasteiger partial charge < -0.3 is 4.90 Å². The molecule has 1 heterocycles. The van der Waals surface area contributed by atoms with E-state index in [1.807, 2.05) is 24.1 Å². The van der Waals surface area contributed by atoms with E-state index < -0.39 is 6.04 Å². The van der Waals surface area contributed by atoms with Crippen LogP contribution in [0.5, 0.6) is 0 Å². The molecule has 1 aliphatic carbocycles. The van der Waals surface area contributed by atoms with Crippen LogP contribution < -0.4 is 0 Å². The first kappa shape index (κ1) is 18.9. The van der Waals surface area contributed by atoms with Gasteiger partial charge in [-0.15, -0.1) is 0 Å². The van der Waals surface area contributed by atoms with E-state index in [1.165, 1.54) is 12.7 Å². The minimum Gasteiger partial charge on any atom is -0.314 e. The summed E-state index contributed by atoms with van der Waals surface area (Å²) in [5, 5.41) is 5.18. The van der Waals surface area contributed by atoms with Gasteiger partial charge in [0, 0.05) is 27.9 Å². The van der Waals surface area contributed by atoms with E-state index in [1.54, 1.807) is 29.2 Å². The highest BCUT2D eigenvalue weighted by molar-refractivity contribution is 6.35. The van der Waals surface area contributed by atoms with E-state index in [2.05, 4.69) is 10.1 Å². The molecule has 0 N–H and O–H groups in total. The summed E-state index contributed by atoms with van der Waals surface area (Å²) in [6.07, 6.45) is 12.3. The van der Waals surface area contributed by atoms with Gasteiger partial charge in [0.1, 0.15) is 12.7 Å². The molecule has 1 aromatic carbocycles. The van der Waals surface area contributed by atoms with Gasteiger partial charge in [-0.25, -0.2) is 9.67 Å². The first-order valence-electron chi connectivity index (χ1n) is 8.86. The molecule has 7 heteroatoms. The summed E-state index contributed by atoms with van der Waals surface area (Å²) in [6.45, 7) is 1.92. The average molecular weight is 393 g/mol. The van der Waals surface area contributed by atoms with Crippen molar-refractivity contribution in [3.05, 3.63) is 58.7 Å². The smallest absolute Gasteiger partial charge is 0.256 e. The number of hydrogen-bond donors (Lipinski definition) is 0. The van der Waals surface area contributed by atoms with E-state index >= 15 is 0 Å². The highest BCUT2D eigenvalue weighted by Crippen LogP contribution is 2.32. The van der Waals surface area contributed by atoms with Crippen molar-refractivity contribution in [2.45, 2.75) is 51.1 Å². The summed E-state index contributed by atoms with van der Waals surface area (Å²) in [7, 11) is 0. The second-order valence-electron chi connectivity index (χ2n) is 6.46. The maximum absolute atomic E-state index is 13.6. The van der Waals surface area contributed by atoms with Crippen molar-refractivity contribution in [3.63, 3.8) is 0 Å². The van der Waals surface area contributed by atoms with E-state index in [0.29, 0.717) is 15.6 Å². The number of allylic oxidation sites excluding steroid dienone is 1. The molecule has 0 bridgehead atoms. The highest BCUT2D eigenvalue weighted by Gasteiger charge is 2.33. The molecule has 0 radical (unpaired) electrons. The lowest BCUT2D eigenvalue weighted by Crippen LogP contribution is -2.42. The predicted octanol–water partition coefficient (Wildman–Crippen LogP) is 4.87. The average Bonchev–Trinajstić information content (AvgIpc) is 3.16. The predicted molar refractivity (Wildman–Crippen MR) is 103 cm³/mol. The molecule has 2 aromatic rings. The van der Waals surface area contributed by atoms with Crippen molar-refractivity contribution in [3.8, 4) is 0 Å². The Hall–Kier alpha value is -1.85. The van der Waals surface area contributed by atoms with Gasteiger partial charge in [0.05, 0.1) is 0 Å². The number of rotatable bonds is 5.